The maximum atomic E-state index is 12.1. The lowest BCUT2D eigenvalue weighted by Crippen LogP contribution is -2.19. The molecule has 0 atom stereocenters. The van der Waals surface area contributed by atoms with Gasteiger partial charge in [0.2, 0.25) is 0 Å². The number of anilines is 1. The normalized spacial score (nSPS) is 11.1. The van der Waals surface area contributed by atoms with Gasteiger partial charge in [0.25, 0.3) is 11.6 Å². The number of hydrogen-bond acceptors (Lipinski definition) is 5. The fourth-order valence-electron chi connectivity index (χ4n) is 1.63. The second-order valence-corrected chi connectivity index (χ2v) is 4.28. The van der Waals surface area contributed by atoms with Crippen molar-refractivity contribution in [3.8, 4) is 5.75 Å². The second kappa shape index (κ2) is 6.34. The third-order valence-electron chi connectivity index (χ3n) is 2.57. The summed E-state index contributed by atoms with van der Waals surface area (Å²) in [6, 6.07) is 2.76. The van der Waals surface area contributed by atoms with Gasteiger partial charge in [0.1, 0.15) is 11.3 Å². The molecular formula is C12H9F3N4O4. The van der Waals surface area contributed by atoms with E-state index in [1.165, 1.54) is 12.4 Å². The SMILES string of the molecule is O=C(Nc1cn[nH]c1)c1cc(OCC(F)(F)F)ccc1[N+](=O)[O-]. The van der Waals surface area contributed by atoms with Crippen LogP contribution >= 0.6 is 0 Å². The van der Waals surface area contributed by atoms with Gasteiger partial charge < -0.3 is 10.1 Å². The van der Waals surface area contributed by atoms with Gasteiger partial charge in [-0.2, -0.15) is 18.3 Å². The summed E-state index contributed by atoms with van der Waals surface area (Å²) in [5.41, 5.74) is -0.757. The maximum Gasteiger partial charge on any atom is 0.422 e. The lowest BCUT2D eigenvalue weighted by molar-refractivity contribution is -0.385. The lowest BCUT2D eigenvalue weighted by Gasteiger charge is -2.10. The number of aromatic nitrogens is 2. The van der Waals surface area contributed by atoms with Gasteiger partial charge >= 0.3 is 6.18 Å². The van der Waals surface area contributed by atoms with Crippen molar-refractivity contribution in [2.24, 2.45) is 0 Å². The Kier molecular flexibility index (Phi) is 4.48. The fraction of sp³-hybridized carbons (Fsp3) is 0.167. The summed E-state index contributed by atoms with van der Waals surface area (Å²) in [6.45, 7) is -1.58. The molecule has 11 heteroatoms. The van der Waals surface area contributed by atoms with Crippen molar-refractivity contribution in [3.05, 3.63) is 46.3 Å². The van der Waals surface area contributed by atoms with Crippen LogP contribution in [0.15, 0.2) is 30.6 Å². The second-order valence-electron chi connectivity index (χ2n) is 4.28. The number of benzene rings is 1. The number of ether oxygens (including phenoxy) is 1. The Morgan fingerprint density at radius 3 is 2.74 bits per heavy atom. The molecule has 1 aromatic carbocycles. The minimum absolute atomic E-state index is 0.242. The number of hydrogen-bond donors (Lipinski definition) is 2. The summed E-state index contributed by atoms with van der Waals surface area (Å²) in [4.78, 5) is 22.2. The number of amides is 1. The van der Waals surface area contributed by atoms with Crippen molar-refractivity contribution in [1.29, 1.82) is 0 Å². The van der Waals surface area contributed by atoms with Gasteiger partial charge in [-0.05, 0) is 12.1 Å². The zero-order valence-corrected chi connectivity index (χ0v) is 11.3. The van der Waals surface area contributed by atoms with Crippen LogP contribution in [0, 0.1) is 10.1 Å². The summed E-state index contributed by atoms with van der Waals surface area (Å²) in [7, 11) is 0. The van der Waals surface area contributed by atoms with Crippen LogP contribution in [0.3, 0.4) is 0 Å². The monoisotopic (exact) mass is 330 g/mol. The average Bonchev–Trinajstić information content (AvgIpc) is 2.96. The first-order chi connectivity index (χ1) is 10.8. The van der Waals surface area contributed by atoms with E-state index in [0.29, 0.717) is 0 Å². The Morgan fingerprint density at radius 1 is 1.43 bits per heavy atom. The average molecular weight is 330 g/mol. The van der Waals surface area contributed by atoms with Gasteiger partial charge in [0, 0.05) is 12.3 Å². The predicted molar refractivity (Wildman–Crippen MR) is 71.2 cm³/mol. The number of alkyl halides is 3. The Hall–Kier alpha value is -3.11. The van der Waals surface area contributed by atoms with E-state index in [1.807, 2.05) is 0 Å². The van der Waals surface area contributed by atoms with Crippen molar-refractivity contribution in [2.75, 3.05) is 11.9 Å². The molecular weight excluding hydrogens is 321 g/mol. The molecule has 0 radical (unpaired) electrons. The van der Waals surface area contributed by atoms with E-state index in [9.17, 15) is 28.1 Å². The van der Waals surface area contributed by atoms with Crippen LogP contribution < -0.4 is 10.1 Å². The summed E-state index contributed by atoms with van der Waals surface area (Å²) >= 11 is 0. The quantitative estimate of drug-likeness (QED) is 0.646. The van der Waals surface area contributed by atoms with Crippen molar-refractivity contribution in [3.63, 3.8) is 0 Å². The predicted octanol–water partition coefficient (Wildman–Crippen LogP) is 2.51. The van der Waals surface area contributed by atoms with Crippen molar-refractivity contribution in [2.45, 2.75) is 6.18 Å². The van der Waals surface area contributed by atoms with Crippen molar-refractivity contribution >= 4 is 17.3 Å². The van der Waals surface area contributed by atoms with E-state index in [4.69, 9.17) is 0 Å². The number of rotatable bonds is 5. The molecule has 1 heterocycles. The topological polar surface area (TPSA) is 110 Å². The highest BCUT2D eigenvalue weighted by Gasteiger charge is 2.29. The number of carbonyl (C=O) groups is 1. The highest BCUT2D eigenvalue weighted by molar-refractivity contribution is 6.07. The Morgan fingerprint density at radius 2 is 2.17 bits per heavy atom. The van der Waals surface area contributed by atoms with Gasteiger partial charge in [-0.15, -0.1) is 0 Å². The van der Waals surface area contributed by atoms with Crippen LogP contribution in [-0.2, 0) is 0 Å². The molecule has 0 spiro atoms. The molecule has 0 saturated heterocycles. The van der Waals surface area contributed by atoms with Gasteiger partial charge in [-0.3, -0.25) is 20.0 Å². The largest absolute Gasteiger partial charge is 0.484 e. The Balaban J connectivity index is 2.26. The molecule has 0 aliphatic carbocycles. The van der Waals surface area contributed by atoms with E-state index in [2.05, 4.69) is 20.3 Å². The molecule has 8 nitrogen and oxygen atoms in total. The fourth-order valence-corrected chi connectivity index (χ4v) is 1.63. The van der Waals surface area contributed by atoms with E-state index in [1.54, 1.807) is 0 Å². The summed E-state index contributed by atoms with van der Waals surface area (Å²) < 4.78 is 40.9. The van der Waals surface area contributed by atoms with E-state index >= 15 is 0 Å². The summed E-state index contributed by atoms with van der Waals surface area (Å²) in [6.07, 6.45) is -1.98. The molecule has 0 aliphatic heterocycles. The van der Waals surface area contributed by atoms with Gasteiger partial charge in [-0.25, -0.2) is 0 Å². The number of H-pyrrole nitrogens is 1. The molecule has 2 aromatic rings. The van der Waals surface area contributed by atoms with Crippen LogP contribution in [0.4, 0.5) is 24.5 Å². The first kappa shape index (κ1) is 16.3. The van der Waals surface area contributed by atoms with Crippen LogP contribution in [-0.4, -0.2) is 33.8 Å². The van der Waals surface area contributed by atoms with E-state index in [-0.39, 0.29) is 11.4 Å². The zero-order chi connectivity index (χ0) is 17.0. The summed E-state index contributed by atoms with van der Waals surface area (Å²) in [5.74, 6) is -1.19. The number of aromatic amines is 1. The smallest absolute Gasteiger partial charge is 0.422 e. The molecule has 0 unspecified atom stereocenters. The highest BCUT2D eigenvalue weighted by atomic mass is 19.4. The number of halogens is 3. The third-order valence-corrected chi connectivity index (χ3v) is 2.57. The lowest BCUT2D eigenvalue weighted by atomic mass is 10.1. The molecule has 1 amide bonds. The van der Waals surface area contributed by atoms with Gasteiger partial charge in [0.05, 0.1) is 16.8 Å². The first-order valence-electron chi connectivity index (χ1n) is 6.04. The van der Waals surface area contributed by atoms with Crippen LogP contribution in [0.1, 0.15) is 10.4 Å². The molecule has 23 heavy (non-hydrogen) atoms. The zero-order valence-electron chi connectivity index (χ0n) is 11.3. The molecule has 2 rings (SSSR count). The Bertz CT molecular complexity index is 716. The number of nitrogens with zero attached hydrogens (tertiary/aromatic N) is 2. The maximum absolute atomic E-state index is 12.1. The molecule has 1 aromatic heterocycles. The standard InChI is InChI=1S/C12H9F3N4O4/c13-12(14,15)6-23-8-1-2-10(19(21)22)9(3-8)11(20)18-7-4-16-17-5-7/h1-5H,6H2,(H,16,17)(H,18,20). The number of nitrogens with one attached hydrogen (secondary N) is 2. The number of nitro benzene ring substituents is 1. The first-order valence-corrected chi connectivity index (χ1v) is 6.04. The number of nitro groups is 1. The Labute approximate surface area is 126 Å². The molecule has 0 aliphatic rings. The van der Waals surface area contributed by atoms with Gasteiger partial charge in [-0.1, -0.05) is 0 Å². The van der Waals surface area contributed by atoms with Crippen LogP contribution in [0.2, 0.25) is 0 Å². The highest BCUT2D eigenvalue weighted by Crippen LogP contribution is 2.26. The van der Waals surface area contributed by atoms with Crippen LogP contribution in [0.5, 0.6) is 5.75 Å². The molecule has 2 N–H and O–H groups in total. The molecule has 0 bridgehead atoms. The van der Waals surface area contributed by atoms with Crippen LogP contribution in [0.25, 0.3) is 0 Å². The van der Waals surface area contributed by atoms with Crippen molar-refractivity contribution in [1.82, 2.24) is 10.2 Å². The van der Waals surface area contributed by atoms with Gasteiger partial charge in [0.15, 0.2) is 6.61 Å². The molecule has 0 saturated carbocycles. The molecule has 122 valence electrons. The molecule has 0 fully saturated rings. The van der Waals surface area contributed by atoms with Crippen molar-refractivity contribution < 1.29 is 27.6 Å². The van der Waals surface area contributed by atoms with E-state index < -0.39 is 34.9 Å². The minimum Gasteiger partial charge on any atom is -0.484 e. The number of carbonyl (C=O) groups excluding carboxylic acids is 1. The third kappa shape index (κ3) is 4.43. The minimum atomic E-state index is -4.57. The van der Waals surface area contributed by atoms with E-state index in [0.717, 1.165) is 18.2 Å². The summed E-state index contributed by atoms with van der Waals surface area (Å²) in [5, 5.41) is 19.3.